The van der Waals surface area contributed by atoms with Crippen molar-refractivity contribution in [3.8, 4) is 5.75 Å². The first kappa shape index (κ1) is 26.6. The molecule has 0 bridgehead atoms. The van der Waals surface area contributed by atoms with Crippen LogP contribution in [-0.2, 0) is 26.0 Å². The summed E-state index contributed by atoms with van der Waals surface area (Å²) in [4.78, 5) is 23.1. The third kappa shape index (κ3) is 6.70. The highest BCUT2D eigenvalue weighted by atomic mass is 35.5. The van der Waals surface area contributed by atoms with Crippen LogP contribution in [0.5, 0.6) is 5.75 Å². The zero-order chi connectivity index (χ0) is 26.5. The number of hydrogen-bond acceptors (Lipinski definition) is 7. The number of nitrogens with zero attached hydrogens (tertiary/aromatic N) is 3. The van der Waals surface area contributed by atoms with E-state index >= 15 is 0 Å². The molecule has 1 aliphatic heterocycles. The van der Waals surface area contributed by atoms with E-state index in [-0.39, 0.29) is 25.0 Å². The highest BCUT2D eigenvalue weighted by Crippen LogP contribution is 2.34. The summed E-state index contributed by atoms with van der Waals surface area (Å²) in [6.07, 6.45) is 6.58. The minimum atomic E-state index is -0.722. The van der Waals surface area contributed by atoms with Gasteiger partial charge in [0.2, 0.25) is 0 Å². The number of halogens is 2. The Morgan fingerprint density at radius 2 is 2.24 bits per heavy atom. The molecule has 2 aromatic heterocycles. The lowest BCUT2D eigenvalue weighted by atomic mass is 9.99. The van der Waals surface area contributed by atoms with Crippen LogP contribution in [0.4, 0.5) is 4.39 Å². The van der Waals surface area contributed by atoms with Crippen LogP contribution in [0.15, 0.2) is 47.5 Å². The molecular weight excluding hydrogens is 511 g/mol. The normalized spacial score (nSPS) is 20.2. The Morgan fingerprint density at radius 1 is 1.34 bits per heavy atom. The minimum absolute atomic E-state index is 0.140. The maximum Gasteiger partial charge on any atom is 0.251 e. The molecule has 10 heteroatoms. The molecule has 0 saturated heterocycles. The van der Waals surface area contributed by atoms with Crippen molar-refractivity contribution in [2.75, 3.05) is 19.6 Å². The first-order valence-corrected chi connectivity index (χ1v) is 13.4. The summed E-state index contributed by atoms with van der Waals surface area (Å²) in [5, 5.41) is 14.0. The Bertz CT molecular complexity index is 1240. The molecular formula is C28H32ClFN4O4. The van der Waals surface area contributed by atoms with Crippen molar-refractivity contribution >= 4 is 17.5 Å². The van der Waals surface area contributed by atoms with E-state index < -0.39 is 12.3 Å². The number of aliphatic hydroxyl groups excluding tert-OH is 1. The second-order valence-corrected chi connectivity index (χ2v) is 10.5. The fourth-order valence-electron chi connectivity index (χ4n) is 5.28. The summed E-state index contributed by atoms with van der Waals surface area (Å²) in [5.41, 5.74) is 3.44. The number of hydrogen-bond donors (Lipinski definition) is 2. The average molecular weight is 543 g/mol. The Labute approximate surface area is 226 Å². The number of alkyl halides is 1. The van der Waals surface area contributed by atoms with E-state index in [1.54, 1.807) is 24.5 Å². The van der Waals surface area contributed by atoms with Crippen molar-refractivity contribution < 1.29 is 23.4 Å². The van der Waals surface area contributed by atoms with Gasteiger partial charge in [0, 0.05) is 43.6 Å². The van der Waals surface area contributed by atoms with Gasteiger partial charge in [-0.1, -0.05) is 17.7 Å². The third-order valence-electron chi connectivity index (χ3n) is 7.25. The summed E-state index contributed by atoms with van der Waals surface area (Å²) >= 11 is 6.62. The zero-order valence-corrected chi connectivity index (χ0v) is 21.9. The number of carbonyl (C=O) groups excluding carboxylic acids is 1. The van der Waals surface area contributed by atoms with Crippen LogP contribution >= 0.6 is 11.6 Å². The molecule has 0 spiro atoms. The number of nitrogens with one attached hydrogen (secondary N) is 1. The van der Waals surface area contributed by atoms with Gasteiger partial charge in [0.15, 0.2) is 12.2 Å². The predicted octanol–water partition coefficient (Wildman–Crippen LogP) is 4.13. The van der Waals surface area contributed by atoms with Gasteiger partial charge in [-0.15, -0.1) is 0 Å². The first-order valence-electron chi connectivity index (χ1n) is 13.0. The van der Waals surface area contributed by atoms with E-state index in [9.17, 15) is 14.3 Å². The second-order valence-electron chi connectivity index (χ2n) is 10.1. The molecule has 0 radical (unpaired) electrons. The lowest BCUT2D eigenvalue weighted by Gasteiger charge is -2.31. The smallest absolute Gasteiger partial charge is 0.251 e. The van der Waals surface area contributed by atoms with E-state index in [2.05, 4.69) is 20.2 Å². The van der Waals surface area contributed by atoms with E-state index in [1.807, 2.05) is 12.1 Å². The number of ether oxygens (including phenoxy) is 1. The molecule has 3 atom stereocenters. The molecule has 3 heterocycles. The van der Waals surface area contributed by atoms with Crippen LogP contribution in [0.2, 0.25) is 5.02 Å². The summed E-state index contributed by atoms with van der Waals surface area (Å²) < 4.78 is 24.5. The highest BCUT2D eigenvalue weighted by molar-refractivity contribution is 6.33. The van der Waals surface area contributed by atoms with Gasteiger partial charge in [-0.05, 0) is 67.3 Å². The number of aromatic nitrogens is 2. The number of carbonyl (C=O) groups is 1. The number of rotatable bonds is 10. The second kappa shape index (κ2) is 12.2. The number of aliphatic hydroxyl groups is 1. The first-order chi connectivity index (χ1) is 18.4. The van der Waals surface area contributed by atoms with Gasteiger partial charge in [0.25, 0.3) is 5.91 Å². The quantitative estimate of drug-likeness (QED) is 0.397. The van der Waals surface area contributed by atoms with E-state index in [1.165, 1.54) is 6.39 Å². The monoisotopic (exact) mass is 542 g/mol. The van der Waals surface area contributed by atoms with Crippen LogP contribution in [-0.4, -0.2) is 57.8 Å². The van der Waals surface area contributed by atoms with Crippen LogP contribution in [0.3, 0.4) is 0 Å². The van der Waals surface area contributed by atoms with Gasteiger partial charge in [0.05, 0.1) is 17.3 Å². The van der Waals surface area contributed by atoms with E-state index in [4.69, 9.17) is 20.8 Å². The van der Waals surface area contributed by atoms with Gasteiger partial charge >= 0.3 is 0 Å². The van der Waals surface area contributed by atoms with Crippen LogP contribution in [0.1, 0.15) is 52.2 Å². The Kier molecular flexibility index (Phi) is 8.56. The van der Waals surface area contributed by atoms with Crippen LogP contribution in [0.25, 0.3) is 0 Å². The average Bonchev–Trinajstić information content (AvgIpc) is 3.58. The standard InChI is InChI=1S/C28H32ClFN4O4/c29-27-25-6-8-34(14-20(25)2-4-26(27)37-16-24-13-31-17-38-24)15-23(35)12-33-28(36)19-5-7-32-22(11-19)10-18-1-3-21(30)9-18/h2,4-5,7,11,13,17-18,21,23,35H,1,3,6,8-10,12,14-16H2,(H,33,36)/t18?,21?,23-/m0/s1. The number of β-amino-alcohol motifs (C(OH)–C–C–N with tert-alkyl or cyclic N) is 1. The van der Waals surface area contributed by atoms with Crippen LogP contribution < -0.4 is 10.1 Å². The molecule has 1 aliphatic carbocycles. The summed E-state index contributed by atoms with van der Waals surface area (Å²) in [5.74, 6) is 1.25. The molecule has 1 aromatic carbocycles. The van der Waals surface area contributed by atoms with Gasteiger partial charge in [-0.3, -0.25) is 14.7 Å². The molecule has 3 aromatic rings. The SMILES string of the molecule is O=C(NC[C@H](O)CN1CCc2c(ccc(OCc3cnco3)c2Cl)C1)c1ccnc(CC2CCC(F)C2)c1. The number of benzene rings is 1. The lowest BCUT2D eigenvalue weighted by Crippen LogP contribution is -2.42. The topological polar surface area (TPSA) is 101 Å². The number of oxazole rings is 1. The molecule has 38 heavy (non-hydrogen) atoms. The fraction of sp³-hybridized carbons (Fsp3) is 0.464. The van der Waals surface area contributed by atoms with E-state index in [0.29, 0.717) is 54.4 Å². The van der Waals surface area contributed by atoms with Crippen molar-refractivity contribution in [3.05, 3.63) is 76.2 Å². The maximum atomic E-state index is 13.5. The van der Waals surface area contributed by atoms with Gasteiger partial charge in [-0.25, -0.2) is 9.37 Å². The van der Waals surface area contributed by atoms with E-state index in [0.717, 1.165) is 36.2 Å². The van der Waals surface area contributed by atoms with Crippen molar-refractivity contribution in [2.24, 2.45) is 5.92 Å². The van der Waals surface area contributed by atoms with Crippen LogP contribution in [0, 0.1) is 5.92 Å². The van der Waals surface area contributed by atoms with Crippen molar-refractivity contribution in [1.29, 1.82) is 0 Å². The molecule has 2 aliphatic rings. The summed E-state index contributed by atoms with van der Waals surface area (Å²) in [6, 6.07) is 7.27. The maximum absolute atomic E-state index is 13.5. The number of pyridine rings is 1. The zero-order valence-electron chi connectivity index (χ0n) is 21.1. The summed E-state index contributed by atoms with van der Waals surface area (Å²) in [6.45, 7) is 2.20. The number of amides is 1. The molecule has 8 nitrogen and oxygen atoms in total. The Morgan fingerprint density at radius 3 is 3.03 bits per heavy atom. The molecule has 1 fully saturated rings. The number of fused-ring (bicyclic) bond motifs is 1. The van der Waals surface area contributed by atoms with Gasteiger partial charge in [-0.2, -0.15) is 0 Å². The molecule has 2 unspecified atom stereocenters. The Balaban J connectivity index is 1.09. The molecule has 5 rings (SSSR count). The predicted molar refractivity (Wildman–Crippen MR) is 140 cm³/mol. The molecule has 1 amide bonds. The molecule has 2 N–H and O–H groups in total. The summed E-state index contributed by atoms with van der Waals surface area (Å²) in [7, 11) is 0. The van der Waals surface area contributed by atoms with Crippen molar-refractivity contribution in [2.45, 2.75) is 57.5 Å². The highest BCUT2D eigenvalue weighted by Gasteiger charge is 2.25. The fourth-order valence-corrected chi connectivity index (χ4v) is 5.61. The van der Waals surface area contributed by atoms with Crippen molar-refractivity contribution in [1.82, 2.24) is 20.2 Å². The third-order valence-corrected chi connectivity index (χ3v) is 7.67. The molecule has 1 saturated carbocycles. The molecule has 202 valence electrons. The van der Waals surface area contributed by atoms with Crippen molar-refractivity contribution in [3.63, 3.8) is 0 Å². The van der Waals surface area contributed by atoms with Gasteiger partial charge in [0.1, 0.15) is 18.5 Å². The largest absolute Gasteiger partial charge is 0.484 e. The Hall–Kier alpha value is -3.01. The minimum Gasteiger partial charge on any atom is -0.484 e. The lowest BCUT2D eigenvalue weighted by molar-refractivity contribution is 0.0841. The van der Waals surface area contributed by atoms with Gasteiger partial charge < -0.3 is 19.6 Å².